The van der Waals surface area contributed by atoms with E-state index in [0.717, 1.165) is 10.7 Å². The zero-order chi connectivity index (χ0) is 16.6. The average molecular weight is 299 g/mol. The smallest absolute Gasteiger partial charge is 0.356 e. The van der Waals surface area contributed by atoms with Gasteiger partial charge in [0.25, 0.3) is 5.56 Å². The Morgan fingerprint density at radius 3 is 2.86 bits per heavy atom. The van der Waals surface area contributed by atoms with Gasteiger partial charge in [0.05, 0.1) is 25.1 Å². The van der Waals surface area contributed by atoms with Gasteiger partial charge in [-0.15, -0.1) is 5.10 Å². The van der Waals surface area contributed by atoms with E-state index in [2.05, 4.69) is 20.4 Å². The number of hydrogen-bond donors (Lipinski definition) is 1. The number of hydrogen-bond acceptors (Lipinski definition) is 6. The second-order valence-corrected chi connectivity index (χ2v) is 4.37. The van der Waals surface area contributed by atoms with Crippen LogP contribution in [0.5, 0.6) is 0 Å². The van der Waals surface area contributed by atoms with Crippen molar-refractivity contribution in [2.45, 2.75) is 0 Å². The normalized spacial score (nSPS) is 11.2. The lowest BCUT2D eigenvalue weighted by atomic mass is 10.2. The molecule has 3 rings (SSSR count). The zero-order valence-electron chi connectivity index (χ0n) is 12.3. The maximum atomic E-state index is 12.1. The van der Waals surface area contributed by atoms with Gasteiger partial charge in [-0.2, -0.15) is 9.78 Å². The maximum Gasteiger partial charge on any atom is 0.356 e. The molecule has 0 saturated carbocycles. The van der Waals surface area contributed by atoms with Crippen LogP contribution in [0, 0.1) is 0 Å². The second kappa shape index (κ2) is 5.20. The monoisotopic (exact) mass is 299 g/mol. The molecule has 0 aromatic carbocycles. The van der Waals surface area contributed by atoms with Crippen molar-refractivity contribution in [1.29, 1.82) is 0 Å². The summed E-state index contributed by atoms with van der Waals surface area (Å²) >= 11 is 0. The highest BCUT2D eigenvalue weighted by Gasteiger charge is 2.11. The Hall–Kier alpha value is -3.36. The van der Waals surface area contributed by atoms with Gasteiger partial charge in [0.1, 0.15) is 0 Å². The van der Waals surface area contributed by atoms with E-state index in [1.54, 1.807) is 19.3 Å². The SMILES string of the molecule is [2H]c1cc(C(=O)O)nn(-c2cncc(-c3cnnn3C)c2)c1=O. The molecule has 0 aliphatic heterocycles. The van der Waals surface area contributed by atoms with Crippen LogP contribution >= 0.6 is 0 Å². The lowest BCUT2D eigenvalue weighted by Crippen LogP contribution is -2.22. The third kappa shape index (κ3) is 2.35. The number of aromatic nitrogens is 6. The van der Waals surface area contributed by atoms with Crippen LogP contribution in [0.15, 0.2) is 41.6 Å². The van der Waals surface area contributed by atoms with E-state index in [9.17, 15) is 9.59 Å². The van der Waals surface area contributed by atoms with Gasteiger partial charge in [0.15, 0.2) is 5.69 Å². The summed E-state index contributed by atoms with van der Waals surface area (Å²) in [5.74, 6) is -1.33. The summed E-state index contributed by atoms with van der Waals surface area (Å²) < 4.78 is 9.96. The summed E-state index contributed by atoms with van der Waals surface area (Å²) in [6, 6.07) is 2.03. The van der Waals surface area contributed by atoms with Gasteiger partial charge >= 0.3 is 5.97 Å². The summed E-state index contributed by atoms with van der Waals surface area (Å²) in [4.78, 5) is 27.1. The Morgan fingerprint density at radius 2 is 2.18 bits per heavy atom. The lowest BCUT2D eigenvalue weighted by Gasteiger charge is -2.07. The molecule has 0 fully saturated rings. The molecule has 0 atom stereocenters. The number of carbonyl (C=O) groups is 1. The van der Waals surface area contributed by atoms with Crippen molar-refractivity contribution in [3.63, 3.8) is 0 Å². The number of aromatic carboxylic acids is 1. The fourth-order valence-corrected chi connectivity index (χ4v) is 1.89. The van der Waals surface area contributed by atoms with Crippen LogP contribution in [0.1, 0.15) is 11.9 Å². The number of rotatable bonds is 3. The number of nitrogens with zero attached hydrogens (tertiary/aromatic N) is 6. The Kier molecular flexibility index (Phi) is 2.93. The minimum absolute atomic E-state index is 0.241. The third-order valence-corrected chi connectivity index (χ3v) is 2.93. The van der Waals surface area contributed by atoms with E-state index in [1.807, 2.05) is 0 Å². The van der Waals surface area contributed by atoms with Gasteiger partial charge in [-0.1, -0.05) is 5.21 Å². The minimum Gasteiger partial charge on any atom is -0.476 e. The van der Waals surface area contributed by atoms with Crippen molar-refractivity contribution in [2.75, 3.05) is 0 Å². The molecule has 110 valence electrons. The van der Waals surface area contributed by atoms with Crippen molar-refractivity contribution >= 4 is 5.97 Å². The molecular formula is C13H10N6O3. The highest BCUT2D eigenvalue weighted by Crippen LogP contribution is 2.18. The first-order chi connectivity index (χ1) is 11.0. The topological polar surface area (TPSA) is 116 Å². The summed E-state index contributed by atoms with van der Waals surface area (Å²) in [5, 5.41) is 20.3. The van der Waals surface area contributed by atoms with Crippen LogP contribution in [0.25, 0.3) is 16.9 Å². The first kappa shape index (κ1) is 12.4. The molecule has 3 aromatic heterocycles. The fourth-order valence-electron chi connectivity index (χ4n) is 1.89. The largest absolute Gasteiger partial charge is 0.476 e. The van der Waals surface area contributed by atoms with Gasteiger partial charge < -0.3 is 5.11 Å². The quantitative estimate of drug-likeness (QED) is 0.730. The predicted molar refractivity (Wildman–Crippen MR) is 74.6 cm³/mol. The number of pyridine rings is 1. The molecule has 22 heavy (non-hydrogen) atoms. The molecule has 3 heterocycles. The third-order valence-electron chi connectivity index (χ3n) is 2.93. The highest BCUT2D eigenvalue weighted by atomic mass is 16.4. The molecule has 0 aliphatic rings. The Bertz CT molecular complexity index is 964. The molecule has 9 heteroatoms. The summed E-state index contributed by atoms with van der Waals surface area (Å²) in [6.45, 7) is 0. The Labute approximate surface area is 124 Å². The lowest BCUT2D eigenvalue weighted by molar-refractivity contribution is 0.0688. The van der Waals surface area contributed by atoms with Gasteiger partial charge in [0.2, 0.25) is 0 Å². The maximum absolute atomic E-state index is 12.1. The van der Waals surface area contributed by atoms with E-state index in [4.69, 9.17) is 6.48 Å². The Morgan fingerprint density at radius 1 is 1.36 bits per heavy atom. The number of carboxylic acid groups (broad SMARTS) is 1. The first-order valence-corrected chi connectivity index (χ1v) is 6.12. The van der Waals surface area contributed by atoms with Gasteiger partial charge in [-0.25, -0.2) is 9.48 Å². The van der Waals surface area contributed by atoms with Gasteiger partial charge in [-0.3, -0.25) is 9.78 Å². The highest BCUT2D eigenvalue weighted by molar-refractivity contribution is 5.84. The standard InChI is InChI=1S/C13H10N6O3/c1-18-11(7-15-17-18)8-4-9(6-14-5-8)19-12(20)3-2-10(16-19)13(21)22/h2-7H,1H3,(H,21,22)/i3D. The van der Waals surface area contributed by atoms with Crippen molar-refractivity contribution in [1.82, 2.24) is 29.8 Å². The van der Waals surface area contributed by atoms with Crippen molar-refractivity contribution in [3.8, 4) is 16.9 Å². The molecule has 0 bridgehead atoms. The zero-order valence-corrected chi connectivity index (χ0v) is 11.3. The molecule has 0 saturated heterocycles. The van der Waals surface area contributed by atoms with Gasteiger partial charge in [-0.05, 0) is 12.1 Å². The molecule has 0 amide bonds. The summed E-state index contributed by atoms with van der Waals surface area (Å²) in [5.41, 5.74) is 0.383. The number of carboxylic acids is 1. The van der Waals surface area contributed by atoms with Crippen LogP contribution in [0.4, 0.5) is 0 Å². The van der Waals surface area contributed by atoms with Crippen LogP contribution < -0.4 is 5.56 Å². The molecule has 1 N–H and O–H groups in total. The van der Waals surface area contributed by atoms with Crippen molar-refractivity contribution in [2.24, 2.45) is 7.05 Å². The van der Waals surface area contributed by atoms with E-state index in [0.29, 0.717) is 11.3 Å². The summed E-state index contributed by atoms with van der Waals surface area (Å²) in [6.07, 6.45) is 4.43. The van der Waals surface area contributed by atoms with E-state index < -0.39 is 23.3 Å². The van der Waals surface area contributed by atoms with Crippen LogP contribution in [0.2, 0.25) is 0 Å². The van der Waals surface area contributed by atoms with Crippen LogP contribution in [-0.2, 0) is 7.05 Å². The molecule has 0 spiro atoms. The molecule has 0 radical (unpaired) electrons. The molecule has 3 aromatic rings. The minimum atomic E-state index is -1.33. The second-order valence-electron chi connectivity index (χ2n) is 4.37. The number of aryl methyl sites for hydroxylation is 1. The Balaban J connectivity index is 2.19. The van der Waals surface area contributed by atoms with E-state index in [1.165, 1.54) is 17.1 Å². The fraction of sp³-hybridized carbons (Fsp3) is 0.0769. The molecule has 0 aliphatic carbocycles. The van der Waals surface area contributed by atoms with Crippen LogP contribution in [0.3, 0.4) is 0 Å². The molecule has 9 nitrogen and oxygen atoms in total. The van der Waals surface area contributed by atoms with Gasteiger partial charge in [0, 0.05) is 24.9 Å². The summed E-state index contributed by atoms with van der Waals surface area (Å²) in [7, 11) is 1.70. The van der Waals surface area contributed by atoms with Crippen molar-refractivity contribution in [3.05, 3.63) is 52.8 Å². The van der Waals surface area contributed by atoms with E-state index in [-0.39, 0.29) is 5.69 Å². The predicted octanol–water partition coefficient (Wildman–Crippen LogP) is 0.121. The molecule has 0 unspecified atom stereocenters. The molecular weight excluding hydrogens is 288 g/mol. The van der Waals surface area contributed by atoms with E-state index >= 15 is 0 Å². The average Bonchev–Trinajstić information content (AvgIpc) is 2.96. The van der Waals surface area contributed by atoms with Crippen LogP contribution in [-0.4, -0.2) is 40.8 Å². The van der Waals surface area contributed by atoms with Crippen molar-refractivity contribution < 1.29 is 11.3 Å². The first-order valence-electron chi connectivity index (χ1n) is 6.62.